The Hall–Kier alpha value is -3.35. The average Bonchev–Trinajstić information content (AvgIpc) is 3.22. The van der Waals surface area contributed by atoms with Crippen LogP contribution in [0.15, 0.2) is 60.9 Å². The summed E-state index contributed by atoms with van der Waals surface area (Å²) >= 11 is 0. The summed E-state index contributed by atoms with van der Waals surface area (Å²) in [4.78, 5) is 29.3. The lowest BCUT2D eigenvalue weighted by molar-refractivity contribution is -0.124. The first-order chi connectivity index (χ1) is 15.1. The summed E-state index contributed by atoms with van der Waals surface area (Å²) in [5.74, 6) is -0.205. The van der Waals surface area contributed by atoms with Crippen LogP contribution in [0.25, 0.3) is 11.0 Å². The van der Waals surface area contributed by atoms with E-state index in [1.807, 2.05) is 74.8 Å². The molecular weight excluding hydrogens is 392 g/mol. The molecule has 0 spiro atoms. The second-order valence-corrected chi connectivity index (χ2v) is 7.64. The van der Waals surface area contributed by atoms with Crippen LogP contribution in [0.4, 0.5) is 4.79 Å². The van der Waals surface area contributed by atoms with E-state index in [0.29, 0.717) is 6.54 Å². The first kappa shape index (κ1) is 22.3. The van der Waals surface area contributed by atoms with Crippen molar-refractivity contribution >= 4 is 23.0 Å². The van der Waals surface area contributed by atoms with Crippen LogP contribution >= 0.6 is 0 Å². The standard InChI is InChI=1S/C24H30N4O3/c1-3-18(2)22(27-24(30)31-16-19-10-5-4-6-11-19)23(29)25-14-9-15-28-17-26-20-12-7-8-13-21(20)28/h4-8,10-13,17-18,22H,3,9,14-16H2,1-2H3,(H,25,29)(H,27,30)/t18-,22-/m0/s1. The lowest BCUT2D eigenvalue weighted by atomic mass is 9.98. The summed E-state index contributed by atoms with van der Waals surface area (Å²) in [6, 6.07) is 16.8. The number of aromatic nitrogens is 2. The van der Waals surface area contributed by atoms with Crippen LogP contribution in [0.1, 0.15) is 32.3 Å². The Morgan fingerprint density at radius 3 is 2.61 bits per heavy atom. The molecule has 0 unspecified atom stereocenters. The van der Waals surface area contributed by atoms with Crippen LogP contribution in [-0.4, -0.2) is 34.1 Å². The van der Waals surface area contributed by atoms with Gasteiger partial charge in [0.05, 0.1) is 17.4 Å². The summed E-state index contributed by atoms with van der Waals surface area (Å²) in [6.07, 6.45) is 2.75. The Morgan fingerprint density at radius 2 is 1.84 bits per heavy atom. The zero-order valence-electron chi connectivity index (χ0n) is 18.1. The van der Waals surface area contributed by atoms with Gasteiger partial charge in [0, 0.05) is 13.1 Å². The van der Waals surface area contributed by atoms with E-state index in [1.54, 1.807) is 0 Å². The largest absolute Gasteiger partial charge is 0.445 e. The van der Waals surface area contributed by atoms with E-state index >= 15 is 0 Å². The minimum absolute atomic E-state index is 0.0122. The molecule has 0 radical (unpaired) electrons. The number of aryl methyl sites for hydroxylation is 1. The van der Waals surface area contributed by atoms with E-state index in [0.717, 1.165) is 36.0 Å². The Morgan fingerprint density at radius 1 is 1.10 bits per heavy atom. The van der Waals surface area contributed by atoms with Gasteiger partial charge >= 0.3 is 6.09 Å². The molecule has 3 aromatic rings. The molecule has 2 atom stereocenters. The van der Waals surface area contributed by atoms with Gasteiger partial charge < -0.3 is 19.9 Å². The maximum absolute atomic E-state index is 12.7. The van der Waals surface area contributed by atoms with Gasteiger partial charge in [-0.2, -0.15) is 0 Å². The molecule has 0 saturated heterocycles. The van der Waals surface area contributed by atoms with E-state index < -0.39 is 12.1 Å². The van der Waals surface area contributed by atoms with Crippen molar-refractivity contribution in [1.29, 1.82) is 0 Å². The van der Waals surface area contributed by atoms with Crippen molar-refractivity contribution in [2.45, 2.75) is 45.9 Å². The second kappa shape index (κ2) is 11.2. The molecule has 0 aliphatic heterocycles. The molecule has 2 amide bonds. The van der Waals surface area contributed by atoms with Crippen LogP contribution in [0.2, 0.25) is 0 Å². The first-order valence-corrected chi connectivity index (χ1v) is 10.7. The molecule has 0 aliphatic rings. The second-order valence-electron chi connectivity index (χ2n) is 7.64. The SMILES string of the molecule is CC[C@H](C)[C@H](NC(=O)OCc1ccccc1)C(=O)NCCCn1cnc2ccccc21. The Labute approximate surface area is 182 Å². The molecule has 0 saturated carbocycles. The third-order valence-corrected chi connectivity index (χ3v) is 5.38. The topological polar surface area (TPSA) is 85.2 Å². The van der Waals surface area contributed by atoms with E-state index in [9.17, 15) is 9.59 Å². The predicted molar refractivity (Wildman–Crippen MR) is 120 cm³/mol. The fourth-order valence-electron chi connectivity index (χ4n) is 3.35. The van der Waals surface area contributed by atoms with Gasteiger partial charge in [-0.15, -0.1) is 0 Å². The molecule has 2 N–H and O–H groups in total. The Bertz CT molecular complexity index is 987. The van der Waals surface area contributed by atoms with Crippen molar-refractivity contribution in [1.82, 2.24) is 20.2 Å². The van der Waals surface area contributed by atoms with Crippen molar-refractivity contribution < 1.29 is 14.3 Å². The van der Waals surface area contributed by atoms with Gasteiger partial charge in [0.25, 0.3) is 0 Å². The lowest BCUT2D eigenvalue weighted by Gasteiger charge is -2.23. The molecular formula is C24H30N4O3. The fraction of sp³-hybridized carbons (Fsp3) is 0.375. The van der Waals surface area contributed by atoms with Crippen LogP contribution in [0.5, 0.6) is 0 Å². The third-order valence-electron chi connectivity index (χ3n) is 5.38. The zero-order chi connectivity index (χ0) is 22.1. The number of hydrogen-bond donors (Lipinski definition) is 2. The number of nitrogens with one attached hydrogen (secondary N) is 2. The van der Waals surface area contributed by atoms with Crippen LogP contribution in [0.3, 0.4) is 0 Å². The van der Waals surface area contributed by atoms with Gasteiger partial charge in [0.1, 0.15) is 12.6 Å². The minimum Gasteiger partial charge on any atom is -0.445 e. The Balaban J connectivity index is 1.46. The molecule has 31 heavy (non-hydrogen) atoms. The number of carbonyl (C=O) groups is 2. The number of imidazole rings is 1. The molecule has 1 heterocycles. The highest BCUT2D eigenvalue weighted by Gasteiger charge is 2.26. The predicted octanol–water partition coefficient (Wildman–Crippen LogP) is 3.88. The van der Waals surface area contributed by atoms with Gasteiger partial charge in [-0.05, 0) is 30.0 Å². The number of hydrogen-bond acceptors (Lipinski definition) is 4. The smallest absolute Gasteiger partial charge is 0.408 e. The number of fused-ring (bicyclic) bond motifs is 1. The number of benzene rings is 2. The highest BCUT2D eigenvalue weighted by atomic mass is 16.5. The minimum atomic E-state index is -0.637. The van der Waals surface area contributed by atoms with Gasteiger partial charge in [-0.25, -0.2) is 9.78 Å². The molecule has 0 aliphatic carbocycles. The maximum atomic E-state index is 12.7. The number of alkyl carbamates (subject to hydrolysis) is 1. The van der Waals surface area contributed by atoms with Crippen LogP contribution in [-0.2, 0) is 22.7 Å². The molecule has 7 nitrogen and oxygen atoms in total. The Kier molecular flexibility index (Phi) is 8.04. The average molecular weight is 423 g/mol. The number of ether oxygens (including phenoxy) is 1. The van der Waals surface area contributed by atoms with Crippen molar-refractivity contribution in [3.8, 4) is 0 Å². The van der Waals surface area contributed by atoms with Gasteiger partial charge in [-0.1, -0.05) is 62.7 Å². The van der Waals surface area contributed by atoms with Crippen molar-refractivity contribution in [2.75, 3.05) is 6.54 Å². The third kappa shape index (κ3) is 6.31. The lowest BCUT2D eigenvalue weighted by Crippen LogP contribution is -2.50. The van der Waals surface area contributed by atoms with Gasteiger partial charge in [0.2, 0.25) is 5.91 Å². The normalized spacial score (nSPS) is 12.8. The van der Waals surface area contributed by atoms with E-state index in [2.05, 4.69) is 20.2 Å². The number of para-hydroxylation sites is 2. The first-order valence-electron chi connectivity index (χ1n) is 10.7. The molecule has 3 rings (SSSR count). The molecule has 0 fully saturated rings. The highest BCUT2D eigenvalue weighted by Crippen LogP contribution is 2.12. The van der Waals surface area contributed by atoms with Crippen molar-refractivity contribution in [3.63, 3.8) is 0 Å². The highest BCUT2D eigenvalue weighted by molar-refractivity contribution is 5.85. The summed E-state index contributed by atoms with van der Waals surface area (Å²) < 4.78 is 7.35. The van der Waals surface area contributed by atoms with E-state index in [4.69, 9.17) is 4.74 Å². The fourth-order valence-corrected chi connectivity index (χ4v) is 3.35. The molecule has 2 aromatic carbocycles. The molecule has 1 aromatic heterocycles. The van der Waals surface area contributed by atoms with Crippen molar-refractivity contribution in [3.05, 3.63) is 66.5 Å². The summed E-state index contributed by atoms with van der Waals surface area (Å²) in [5, 5.41) is 5.67. The molecule has 164 valence electrons. The quantitative estimate of drug-likeness (QED) is 0.486. The van der Waals surface area contributed by atoms with Gasteiger partial charge in [-0.3, -0.25) is 4.79 Å². The summed E-state index contributed by atoms with van der Waals surface area (Å²) in [6.45, 7) is 5.37. The van der Waals surface area contributed by atoms with E-state index in [-0.39, 0.29) is 18.4 Å². The number of rotatable bonds is 10. The van der Waals surface area contributed by atoms with Crippen molar-refractivity contribution in [2.24, 2.45) is 5.92 Å². The zero-order valence-corrected chi connectivity index (χ0v) is 18.1. The number of carbonyl (C=O) groups excluding carboxylic acids is 2. The van der Waals surface area contributed by atoms with Gasteiger partial charge in [0.15, 0.2) is 0 Å². The monoisotopic (exact) mass is 422 g/mol. The maximum Gasteiger partial charge on any atom is 0.408 e. The summed E-state index contributed by atoms with van der Waals surface area (Å²) in [5.41, 5.74) is 2.94. The van der Waals surface area contributed by atoms with E-state index in [1.165, 1.54) is 0 Å². The number of nitrogens with zero attached hydrogens (tertiary/aromatic N) is 2. The molecule has 7 heteroatoms. The van der Waals surface area contributed by atoms with Crippen LogP contribution < -0.4 is 10.6 Å². The van der Waals surface area contributed by atoms with Crippen LogP contribution in [0, 0.1) is 5.92 Å². The summed E-state index contributed by atoms with van der Waals surface area (Å²) in [7, 11) is 0. The number of amides is 2. The molecule has 0 bridgehead atoms.